The van der Waals surface area contributed by atoms with Crippen molar-refractivity contribution in [1.82, 2.24) is 10.3 Å². The van der Waals surface area contributed by atoms with Gasteiger partial charge < -0.3 is 24.8 Å². The number of rotatable bonds is 7. The quantitative estimate of drug-likeness (QED) is 0.189. The minimum Gasteiger partial charge on any atom is -0.488 e. The average molecular weight is 697 g/mol. The normalized spacial score (nSPS) is 14.1. The first-order chi connectivity index (χ1) is 23.7. The van der Waals surface area contributed by atoms with Crippen LogP contribution in [0.5, 0.6) is 5.75 Å². The number of hydrogen-bond donors (Lipinski definition) is 2. The van der Waals surface area contributed by atoms with E-state index in [1.807, 2.05) is 64.4 Å². The highest BCUT2D eigenvalue weighted by Crippen LogP contribution is 2.45. The van der Waals surface area contributed by atoms with Crippen LogP contribution in [-0.2, 0) is 21.5 Å². The van der Waals surface area contributed by atoms with Crippen LogP contribution in [0.25, 0.3) is 22.3 Å². The predicted octanol–water partition coefficient (Wildman–Crippen LogP) is 7.58. The van der Waals surface area contributed by atoms with Crippen LogP contribution in [0.15, 0.2) is 53.2 Å². The van der Waals surface area contributed by atoms with Gasteiger partial charge in [-0.25, -0.2) is 14.6 Å². The lowest BCUT2D eigenvalue weighted by molar-refractivity contribution is 0.0574. The van der Waals surface area contributed by atoms with E-state index < -0.39 is 34.9 Å². The number of pyridine rings is 1. The molecule has 0 bridgehead atoms. The number of methoxy groups -OCH3 is 1. The molecular weight excluding hydrogens is 657 g/mol. The van der Waals surface area contributed by atoms with Gasteiger partial charge in [0, 0.05) is 57.6 Å². The topological polar surface area (TPSA) is 136 Å². The Balaban J connectivity index is 1.42. The Labute approximate surface area is 295 Å². The number of aromatic nitrogens is 1. The van der Waals surface area contributed by atoms with Crippen molar-refractivity contribution in [3.05, 3.63) is 81.3 Å². The first kappa shape index (κ1) is 34.6. The maximum Gasteiger partial charge on any atom is 0.414 e. The minimum absolute atomic E-state index is 0.0481. The molecule has 2 N–H and O–H groups in total. The summed E-state index contributed by atoms with van der Waals surface area (Å²) < 4.78 is 16.9. The Morgan fingerprint density at radius 2 is 1.76 bits per heavy atom. The molecule has 0 saturated heterocycles. The van der Waals surface area contributed by atoms with Gasteiger partial charge in [0.25, 0.3) is 11.8 Å². The van der Waals surface area contributed by atoms with Crippen LogP contribution in [0.1, 0.15) is 90.4 Å². The molecular formula is C38H40N4O7S. The van der Waals surface area contributed by atoms with Gasteiger partial charge >= 0.3 is 12.1 Å². The highest BCUT2D eigenvalue weighted by Gasteiger charge is 2.40. The summed E-state index contributed by atoms with van der Waals surface area (Å²) >= 11 is 1.55. The number of amides is 3. The van der Waals surface area contributed by atoms with E-state index in [1.165, 1.54) is 13.2 Å². The van der Waals surface area contributed by atoms with Gasteiger partial charge in [0.2, 0.25) is 0 Å². The van der Waals surface area contributed by atoms with E-state index in [-0.39, 0.29) is 17.0 Å². The van der Waals surface area contributed by atoms with Gasteiger partial charge in [-0.2, -0.15) is 11.3 Å². The molecule has 0 spiro atoms. The van der Waals surface area contributed by atoms with Crippen LogP contribution in [0.4, 0.5) is 16.2 Å². The first-order valence-corrected chi connectivity index (χ1v) is 17.4. The van der Waals surface area contributed by atoms with Crippen LogP contribution in [0, 0.1) is 0 Å². The van der Waals surface area contributed by atoms with Gasteiger partial charge in [0.15, 0.2) is 5.69 Å². The molecule has 0 aliphatic carbocycles. The van der Waals surface area contributed by atoms with E-state index >= 15 is 0 Å². The standard InChI is InChI=1S/C38H40N4O7S/c1-8-13-39-34(44)29-11-10-23(32(41-29)35(45)47-7)24-16-31-25(27-19-50-18-21(27)17-48-31)15-26(24)33(43)40-22-9-12-30-28(14-22)38(5,6)20-42(30)36(46)49-37(2,3)4/h9-12,14-16,18-19H,8,13,17,20H2,1-7H3,(H,39,44)(H,40,43). The summed E-state index contributed by atoms with van der Waals surface area (Å²) in [6, 6.07) is 12.0. The molecule has 0 atom stereocenters. The summed E-state index contributed by atoms with van der Waals surface area (Å²) in [5.41, 5.74) is 4.67. The fourth-order valence-electron chi connectivity index (χ4n) is 6.17. The summed E-state index contributed by atoms with van der Waals surface area (Å²) in [5.74, 6) is -1.08. The summed E-state index contributed by atoms with van der Waals surface area (Å²) in [6.07, 6.45) is 0.301. The Bertz CT molecular complexity index is 2030. The van der Waals surface area contributed by atoms with E-state index in [9.17, 15) is 19.2 Å². The minimum atomic E-state index is -0.759. The third kappa shape index (κ3) is 6.67. The number of benzene rings is 2. The number of nitrogens with one attached hydrogen (secondary N) is 2. The van der Waals surface area contributed by atoms with Gasteiger partial charge in [0.05, 0.1) is 12.8 Å². The van der Waals surface area contributed by atoms with Crippen molar-refractivity contribution in [2.24, 2.45) is 0 Å². The van der Waals surface area contributed by atoms with E-state index in [1.54, 1.807) is 40.5 Å². The van der Waals surface area contributed by atoms with Crippen LogP contribution in [0.3, 0.4) is 0 Å². The summed E-state index contributed by atoms with van der Waals surface area (Å²) in [4.78, 5) is 59.4. The molecule has 0 fully saturated rings. The Morgan fingerprint density at radius 3 is 2.48 bits per heavy atom. The molecule has 0 saturated carbocycles. The molecule has 11 nitrogen and oxygen atoms in total. The second-order valence-electron chi connectivity index (χ2n) is 14.0. The fraction of sp³-hybridized carbons (Fsp3) is 0.342. The Morgan fingerprint density at radius 1 is 0.980 bits per heavy atom. The van der Waals surface area contributed by atoms with Crippen molar-refractivity contribution in [1.29, 1.82) is 0 Å². The number of anilines is 2. The van der Waals surface area contributed by atoms with Crippen molar-refractivity contribution in [3.8, 4) is 28.0 Å². The first-order valence-electron chi connectivity index (χ1n) is 16.4. The zero-order valence-electron chi connectivity index (χ0n) is 29.2. The third-order valence-electron chi connectivity index (χ3n) is 8.55. The monoisotopic (exact) mass is 696 g/mol. The molecule has 12 heteroatoms. The van der Waals surface area contributed by atoms with Crippen molar-refractivity contribution in [2.75, 3.05) is 30.4 Å². The molecule has 260 valence electrons. The number of ether oxygens (including phenoxy) is 3. The molecule has 2 aromatic heterocycles. The molecule has 2 aromatic carbocycles. The molecule has 2 aliphatic heterocycles. The van der Waals surface area contributed by atoms with Crippen molar-refractivity contribution >= 4 is 46.6 Å². The molecule has 50 heavy (non-hydrogen) atoms. The fourth-order valence-corrected chi connectivity index (χ4v) is 7.01. The lowest BCUT2D eigenvalue weighted by Crippen LogP contribution is -2.38. The highest BCUT2D eigenvalue weighted by atomic mass is 32.1. The van der Waals surface area contributed by atoms with E-state index in [4.69, 9.17) is 14.2 Å². The molecule has 3 amide bonds. The van der Waals surface area contributed by atoms with E-state index in [2.05, 4.69) is 15.6 Å². The van der Waals surface area contributed by atoms with Crippen molar-refractivity contribution in [2.45, 2.75) is 65.6 Å². The number of carbonyl (C=O) groups is 4. The number of esters is 1. The summed E-state index contributed by atoms with van der Waals surface area (Å²) in [7, 11) is 1.23. The predicted molar refractivity (Wildman–Crippen MR) is 192 cm³/mol. The van der Waals surface area contributed by atoms with Gasteiger partial charge in [-0.15, -0.1) is 0 Å². The van der Waals surface area contributed by atoms with Gasteiger partial charge in [-0.1, -0.05) is 20.8 Å². The van der Waals surface area contributed by atoms with E-state index in [0.717, 1.165) is 34.4 Å². The summed E-state index contributed by atoms with van der Waals surface area (Å²) in [6.45, 7) is 12.7. The van der Waals surface area contributed by atoms with E-state index in [0.29, 0.717) is 42.3 Å². The van der Waals surface area contributed by atoms with Crippen LogP contribution in [0.2, 0.25) is 0 Å². The number of carbonyl (C=O) groups excluding carboxylic acids is 4. The number of hydrogen-bond acceptors (Lipinski definition) is 9. The third-order valence-corrected chi connectivity index (χ3v) is 9.35. The van der Waals surface area contributed by atoms with Gasteiger partial charge in [-0.3, -0.25) is 14.5 Å². The molecule has 2 aliphatic rings. The van der Waals surface area contributed by atoms with Gasteiger partial charge in [-0.05, 0) is 86.0 Å². The molecule has 0 unspecified atom stereocenters. The second-order valence-corrected chi connectivity index (χ2v) is 14.7. The largest absolute Gasteiger partial charge is 0.488 e. The number of nitrogens with zero attached hydrogens (tertiary/aromatic N) is 2. The maximum absolute atomic E-state index is 14.3. The molecule has 4 heterocycles. The summed E-state index contributed by atoms with van der Waals surface area (Å²) in [5, 5.41) is 9.85. The zero-order valence-corrected chi connectivity index (χ0v) is 30.0. The lowest BCUT2D eigenvalue weighted by atomic mass is 9.86. The van der Waals surface area contributed by atoms with Crippen LogP contribution in [-0.4, -0.2) is 54.7 Å². The van der Waals surface area contributed by atoms with Crippen molar-refractivity contribution < 1.29 is 33.4 Å². The van der Waals surface area contributed by atoms with Crippen LogP contribution >= 0.6 is 11.3 Å². The highest BCUT2D eigenvalue weighted by molar-refractivity contribution is 7.08. The van der Waals surface area contributed by atoms with Gasteiger partial charge in [0.1, 0.15) is 23.7 Å². The molecule has 6 rings (SSSR count). The molecule has 4 aromatic rings. The van der Waals surface area contributed by atoms with Crippen LogP contribution < -0.4 is 20.3 Å². The Hall–Kier alpha value is -5.23. The van der Waals surface area contributed by atoms with Crippen molar-refractivity contribution in [3.63, 3.8) is 0 Å². The smallest absolute Gasteiger partial charge is 0.414 e. The Kier molecular flexibility index (Phi) is 9.17. The SMILES string of the molecule is CCCNC(=O)c1ccc(-c2cc3c(cc2C(=O)Nc2ccc4c(c2)C(C)(C)CN4C(=O)OC(C)(C)C)-c2cscc2CO3)c(C(=O)OC)n1. The number of fused-ring (bicyclic) bond motifs is 4. The molecule has 0 radical (unpaired) electrons. The second kappa shape index (κ2) is 13.2. The zero-order chi connectivity index (χ0) is 36.0. The number of thiophene rings is 1. The lowest BCUT2D eigenvalue weighted by Gasteiger charge is -2.25. The average Bonchev–Trinajstić information content (AvgIpc) is 3.67. The maximum atomic E-state index is 14.3.